The van der Waals surface area contributed by atoms with Crippen molar-refractivity contribution in [2.45, 2.75) is 20.3 Å². The molecule has 0 aromatic carbocycles. The quantitative estimate of drug-likeness (QED) is 0.449. The molecular formula is C12H18BrN3O3. The molecule has 1 aromatic rings. The van der Waals surface area contributed by atoms with E-state index in [9.17, 15) is 10.1 Å². The highest BCUT2D eigenvalue weighted by atomic mass is 79.9. The molecule has 1 aromatic heterocycles. The molecule has 1 N–H and O–H groups in total. The van der Waals surface area contributed by atoms with Crippen molar-refractivity contribution in [2.24, 2.45) is 5.92 Å². The lowest BCUT2D eigenvalue weighted by molar-refractivity contribution is -0.385. The molecule has 1 rings (SSSR count). The Hall–Kier alpha value is -1.21. The highest BCUT2D eigenvalue weighted by Crippen LogP contribution is 2.24. The van der Waals surface area contributed by atoms with Crippen LogP contribution in [0.25, 0.3) is 0 Å². The molecule has 0 bridgehead atoms. The van der Waals surface area contributed by atoms with Crippen molar-refractivity contribution in [3.8, 4) is 0 Å². The van der Waals surface area contributed by atoms with Crippen LogP contribution in [-0.2, 0) is 4.74 Å². The molecule has 0 fully saturated rings. The minimum Gasteiger partial charge on any atom is -0.380 e. The SMILES string of the molecule is CC(C)CCOCCNc1ncc([N+](=O)[O-])cc1Br. The molecule has 106 valence electrons. The Bertz CT molecular complexity index is 427. The molecule has 0 unspecified atom stereocenters. The second kappa shape index (κ2) is 8.06. The predicted octanol–water partition coefficient (Wildman–Crippen LogP) is 3.23. The lowest BCUT2D eigenvalue weighted by atomic mass is 10.1. The molecule has 0 atom stereocenters. The van der Waals surface area contributed by atoms with Crippen molar-refractivity contribution in [1.29, 1.82) is 0 Å². The molecule has 1 heterocycles. The summed E-state index contributed by atoms with van der Waals surface area (Å²) in [4.78, 5) is 14.1. The van der Waals surface area contributed by atoms with Gasteiger partial charge in [-0.25, -0.2) is 4.98 Å². The first-order chi connectivity index (χ1) is 9.00. The normalized spacial score (nSPS) is 10.7. The number of nitro groups is 1. The number of hydrogen-bond donors (Lipinski definition) is 1. The van der Waals surface area contributed by atoms with Gasteiger partial charge in [-0.15, -0.1) is 0 Å². The monoisotopic (exact) mass is 331 g/mol. The van der Waals surface area contributed by atoms with E-state index in [1.165, 1.54) is 12.3 Å². The molecule has 0 amide bonds. The molecule has 0 saturated carbocycles. The van der Waals surface area contributed by atoms with E-state index in [4.69, 9.17) is 4.74 Å². The third kappa shape index (κ3) is 5.98. The van der Waals surface area contributed by atoms with Gasteiger partial charge < -0.3 is 10.1 Å². The van der Waals surface area contributed by atoms with Crippen LogP contribution in [0.2, 0.25) is 0 Å². The van der Waals surface area contributed by atoms with E-state index >= 15 is 0 Å². The van der Waals surface area contributed by atoms with Gasteiger partial charge in [0.2, 0.25) is 0 Å². The summed E-state index contributed by atoms with van der Waals surface area (Å²) in [5, 5.41) is 13.6. The smallest absolute Gasteiger partial charge is 0.288 e. The van der Waals surface area contributed by atoms with Gasteiger partial charge in [0.15, 0.2) is 0 Å². The molecule has 7 heteroatoms. The van der Waals surface area contributed by atoms with Crippen molar-refractivity contribution in [1.82, 2.24) is 4.98 Å². The number of ether oxygens (including phenoxy) is 1. The molecule has 0 aliphatic rings. The predicted molar refractivity (Wildman–Crippen MR) is 77.4 cm³/mol. The summed E-state index contributed by atoms with van der Waals surface area (Å²) in [5.41, 5.74) is -0.0365. The molecule has 0 radical (unpaired) electrons. The van der Waals surface area contributed by atoms with Gasteiger partial charge in [-0.05, 0) is 28.3 Å². The van der Waals surface area contributed by atoms with Gasteiger partial charge >= 0.3 is 0 Å². The first-order valence-corrected chi connectivity index (χ1v) is 6.91. The van der Waals surface area contributed by atoms with Crippen molar-refractivity contribution in [3.05, 3.63) is 26.9 Å². The second-order valence-electron chi connectivity index (χ2n) is 4.50. The molecule has 0 spiro atoms. The highest BCUT2D eigenvalue weighted by Gasteiger charge is 2.09. The van der Waals surface area contributed by atoms with Crippen LogP contribution in [0.5, 0.6) is 0 Å². The zero-order chi connectivity index (χ0) is 14.3. The summed E-state index contributed by atoms with van der Waals surface area (Å²) in [6.45, 7) is 6.24. The van der Waals surface area contributed by atoms with Crippen molar-refractivity contribution in [3.63, 3.8) is 0 Å². The summed E-state index contributed by atoms with van der Waals surface area (Å²) in [5.74, 6) is 1.22. The van der Waals surface area contributed by atoms with E-state index in [2.05, 4.69) is 40.1 Å². The van der Waals surface area contributed by atoms with Gasteiger partial charge in [0.25, 0.3) is 5.69 Å². The van der Waals surface area contributed by atoms with Crippen LogP contribution in [0, 0.1) is 16.0 Å². The van der Waals surface area contributed by atoms with Crippen LogP contribution in [0.3, 0.4) is 0 Å². The Morgan fingerprint density at radius 2 is 2.26 bits per heavy atom. The van der Waals surface area contributed by atoms with E-state index in [0.29, 0.717) is 29.4 Å². The van der Waals surface area contributed by atoms with E-state index < -0.39 is 4.92 Å². The van der Waals surface area contributed by atoms with E-state index in [0.717, 1.165) is 13.0 Å². The van der Waals surface area contributed by atoms with Gasteiger partial charge in [0.05, 0.1) is 16.0 Å². The lowest BCUT2D eigenvalue weighted by Crippen LogP contribution is -2.12. The fourth-order valence-electron chi connectivity index (χ4n) is 1.32. The Balaban J connectivity index is 2.32. The van der Waals surface area contributed by atoms with Crippen LogP contribution in [0.4, 0.5) is 11.5 Å². The second-order valence-corrected chi connectivity index (χ2v) is 5.36. The molecule has 6 nitrogen and oxygen atoms in total. The van der Waals surface area contributed by atoms with Crippen LogP contribution in [0.1, 0.15) is 20.3 Å². The number of nitrogens with one attached hydrogen (secondary N) is 1. The average Bonchev–Trinajstić information content (AvgIpc) is 2.34. The number of anilines is 1. The topological polar surface area (TPSA) is 77.3 Å². The summed E-state index contributed by atoms with van der Waals surface area (Å²) >= 11 is 3.25. The molecule has 19 heavy (non-hydrogen) atoms. The summed E-state index contributed by atoms with van der Waals surface area (Å²) in [6.07, 6.45) is 2.27. The third-order valence-electron chi connectivity index (χ3n) is 2.42. The Morgan fingerprint density at radius 3 is 2.84 bits per heavy atom. The van der Waals surface area contributed by atoms with E-state index in [1.54, 1.807) is 0 Å². The standard InChI is InChI=1S/C12H18BrN3O3/c1-9(2)3-5-19-6-4-14-12-11(13)7-10(8-15-12)16(17)18/h7-9H,3-6H2,1-2H3,(H,14,15). The van der Waals surface area contributed by atoms with Gasteiger partial charge in [-0.2, -0.15) is 0 Å². The van der Waals surface area contributed by atoms with Crippen molar-refractivity contribution >= 4 is 27.4 Å². The van der Waals surface area contributed by atoms with Crippen molar-refractivity contribution < 1.29 is 9.66 Å². The Kier molecular flexibility index (Phi) is 6.72. The third-order valence-corrected chi connectivity index (χ3v) is 3.02. The molecule has 0 aliphatic carbocycles. The average molecular weight is 332 g/mol. The number of aromatic nitrogens is 1. The van der Waals surface area contributed by atoms with Crippen LogP contribution in [-0.4, -0.2) is 29.7 Å². The number of hydrogen-bond acceptors (Lipinski definition) is 5. The minimum absolute atomic E-state index is 0.0365. The maximum Gasteiger partial charge on any atom is 0.288 e. The fourth-order valence-corrected chi connectivity index (χ4v) is 1.80. The molecule has 0 saturated heterocycles. The maximum absolute atomic E-state index is 10.6. The van der Waals surface area contributed by atoms with E-state index in [-0.39, 0.29) is 5.69 Å². The van der Waals surface area contributed by atoms with Gasteiger partial charge in [-0.1, -0.05) is 13.8 Å². The number of pyridine rings is 1. The van der Waals surface area contributed by atoms with Gasteiger partial charge in [-0.3, -0.25) is 10.1 Å². The first kappa shape index (κ1) is 15.8. The number of nitrogens with zero attached hydrogens (tertiary/aromatic N) is 2. The van der Waals surface area contributed by atoms with Crippen LogP contribution >= 0.6 is 15.9 Å². The zero-order valence-corrected chi connectivity index (χ0v) is 12.6. The largest absolute Gasteiger partial charge is 0.380 e. The van der Waals surface area contributed by atoms with Crippen molar-refractivity contribution in [2.75, 3.05) is 25.1 Å². The lowest BCUT2D eigenvalue weighted by Gasteiger charge is -2.09. The Morgan fingerprint density at radius 1 is 1.53 bits per heavy atom. The first-order valence-electron chi connectivity index (χ1n) is 6.12. The zero-order valence-electron chi connectivity index (χ0n) is 11.1. The maximum atomic E-state index is 10.6. The van der Waals surface area contributed by atoms with Crippen LogP contribution in [0.15, 0.2) is 16.7 Å². The minimum atomic E-state index is -0.476. The summed E-state index contributed by atoms with van der Waals surface area (Å²) < 4.78 is 6.03. The van der Waals surface area contributed by atoms with E-state index in [1.807, 2.05) is 0 Å². The Labute approximate surface area is 120 Å². The summed E-state index contributed by atoms with van der Waals surface area (Å²) in [7, 11) is 0. The van der Waals surface area contributed by atoms with Gasteiger partial charge in [0, 0.05) is 19.2 Å². The number of halogens is 1. The van der Waals surface area contributed by atoms with Gasteiger partial charge in [0.1, 0.15) is 12.0 Å². The summed E-state index contributed by atoms with van der Waals surface area (Å²) in [6, 6.07) is 1.43. The van der Waals surface area contributed by atoms with Crippen LogP contribution < -0.4 is 5.32 Å². The fraction of sp³-hybridized carbons (Fsp3) is 0.583. The molecular weight excluding hydrogens is 314 g/mol. The number of rotatable bonds is 8. The molecule has 0 aliphatic heterocycles. The highest BCUT2D eigenvalue weighted by molar-refractivity contribution is 9.10.